The fourth-order valence-corrected chi connectivity index (χ4v) is 3.76. The van der Waals surface area contributed by atoms with E-state index in [0.717, 1.165) is 17.0 Å². The van der Waals surface area contributed by atoms with Crippen LogP contribution in [-0.2, 0) is 16.8 Å². The molecule has 2 aromatic heterocycles. The Balaban J connectivity index is 1.65. The standard InChI is InChI=1S/C23H28N6OS/c1-6-29-21(17-9-11-19(12-10-17)23(3,4)5)27-28-22(29)31-15-20(30)26-25-16(2)18-8-7-13-24-14-18/h7-14H,6,15H2,1-5H3,(H,26,30). The minimum absolute atomic E-state index is 0.100. The lowest BCUT2D eigenvalue weighted by Gasteiger charge is -2.19. The van der Waals surface area contributed by atoms with E-state index in [0.29, 0.717) is 17.4 Å². The minimum atomic E-state index is -0.199. The van der Waals surface area contributed by atoms with Gasteiger partial charge in [-0.2, -0.15) is 5.10 Å². The summed E-state index contributed by atoms with van der Waals surface area (Å²) in [6.07, 6.45) is 3.40. The Morgan fingerprint density at radius 1 is 1.16 bits per heavy atom. The Hall–Kier alpha value is -3.00. The molecule has 0 unspecified atom stereocenters. The molecule has 0 aliphatic heterocycles. The summed E-state index contributed by atoms with van der Waals surface area (Å²) in [6, 6.07) is 12.1. The van der Waals surface area contributed by atoms with Gasteiger partial charge in [-0.25, -0.2) is 5.43 Å². The number of nitrogens with zero attached hydrogens (tertiary/aromatic N) is 5. The Bertz CT molecular complexity index is 1050. The van der Waals surface area contributed by atoms with E-state index in [4.69, 9.17) is 0 Å². The molecule has 1 amide bonds. The van der Waals surface area contributed by atoms with Gasteiger partial charge in [-0.15, -0.1) is 10.2 Å². The van der Waals surface area contributed by atoms with Gasteiger partial charge in [-0.1, -0.05) is 62.9 Å². The molecule has 0 aliphatic rings. The molecule has 0 saturated carbocycles. The average molecular weight is 437 g/mol. The molecule has 0 atom stereocenters. The van der Waals surface area contributed by atoms with Crippen molar-refractivity contribution in [1.82, 2.24) is 25.2 Å². The van der Waals surface area contributed by atoms with Crippen LogP contribution >= 0.6 is 11.8 Å². The molecule has 2 heterocycles. The number of rotatable bonds is 7. The lowest BCUT2D eigenvalue weighted by Crippen LogP contribution is -2.21. The molecule has 1 aromatic carbocycles. The zero-order chi connectivity index (χ0) is 22.4. The van der Waals surface area contributed by atoms with Crippen LogP contribution in [-0.4, -0.2) is 37.1 Å². The van der Waals surface area contributed by atoms with Crippen molar-refractivity contribution in [3.63, 3.8) is 0 Å². The van der Waals surface area contributed by atoms with Crippen LogP contribution in [0.25, 0.3) is 11.4 Å². The van der Waals surface area contributed by atoms with E-state index in [1.807, 2.05) is 30.5 Å². The molecular weight excluding hydrogens is 408 g/mol. The summed E-state index contributed by atoms with van der Waals surface area (Å²) < 4.78 is 2.02. The zero-order valence-corrected chi connectivity index (χ0v) is 19.4. The van der Waals surface area contributed by atoms with Crippen LogP contribution in [0.3, 0.4) is 0 Å². The molecule has 0 aliphatic carbocycles. The number of carbonyl (C=O) groups is 1. The van der Waals surface area contributed by atoms with Crippen molar-refractivity contribution in [3.8, 4) is 11.4 Å². The van der Waals surface area contributed by atoms with Gasteiger partial charge < -0.3 is 4.57 Å². The number of aromatic nitrogens is 4. The number of pyridine rings is 1. The molecule has 8 heteroatoms. The monoisotopic (exact) mass is 436 g/mol. The fourth-order valence-electron chi connectivity index (χ4n) is 2.96. The molecule has 0 fully saturated rings. The first-order valence-electron chi connectivity index (χ1n) is 10.2. The summed E-state index contributed by atoms with van der Waals surface area (Å²) in [6.45, 7) is 11.2. The SMILES string of the molecule is CCn1c(SCC(=O)NN=C(C)c2cccnc2)nnc1-c1ccc(C(C)(C)C)cc1. The molecule has 3 rings (SSSR count). The summed E-state index contributed by atoms with van der Waals surface area (Å²) in [4.78, 5) is 16.3. The predicted molar refractivity (Wildman–Crippen MR) is 125 cm³/mol. The number of amides is 1. The predicted octanol–water partition coefficient (Wildman–Crippen LogP) is 4.29. The normalized spacial score (nSPS) is 12.1. The van der Waals surface area contributed by atoms with Gasteiger partial charge in [0, 0.05) is 30.1 Å². The van der Waals surface area contributed by atoms with Crippen LogP contribution < -0.4 is 5.43 Å². The van der Waals surface area contributed by atoms with Crippen molar-refractivity contribution in [1.29, 1.82) is 0 Å². The van der Waals surface area contributed by atoms with Crippen molar-refractivity contribution in [3.05, 3.63) is 59.9 Å². The molecule has 0 bridgehead atoms. The summed E-state index contributed by atoms with van der Waals surface area (Å²) in [7, 11) is 0. The van der Waals surface area contributed by atoms with Gasteiger partial charge >= 0.3 is 0 Å². The number of hydrazone groups is 1. The summed E-state index contributed by atoms with van der Waals surface area (Å²) in [5, 5.41) is 13.5. The highest BCUT2D eigenvalue weighted by Crippen LogP contribution is 2.27. The zero-order valence-electron chi connectivity index (χ0n) is 18.6. The van der Waals surface area contributed by atoms with E-state index in [-0.39, 0.29) is 17.1 Å². The number of hydrogen-bond acceptors (Lipinski definition) is 6. The Kier molecular flexibility index (Phi) is 7.22. The van der Waals surface area contributed by atoms with Gasteiger partial charge in [0.1, 0.15) is 0 Å². The van der Waals surface area contributed by atoms with Gasteiger partial charge in [0.15, 0.2) is 11.0 Å². The van der Waals surface area contributed by atoms with Crippen LogP contribution in [0.4, 0.5) is 0 Å². The molecule has 0 saturated heterocycles. The number of hydrogen-bond donors (Lipinski definition) is 1. The van der Waals surface area contributed by atoms with Gasteiger partial charge in [0.25, 0.3) is 5.91 Å². The number of nitrogens with one attached hydrogen (secondary N) is 1. The Labute approximate surface area is 187 Å². The second-order valence-electron chi connectivity index (χ2n) is 8.14. The third kappa shape index (κ3) is 5.79. The second-order valence-corrected chi connectivity index (χ2v) is 9.08. The minimum Gasteiger partial charge on any atom is -0.302 e. The van der Waals surface area contributed by atoms with E-state index in [9.17, 15) is 4.79 Å². The topological polar surface area (TPSA) is 85.1 Å². The Morgan fingerprint density at radius 3 is 2.52 bits per heavy atom. The largest absolute Gasteiger partial charge is 0.302 e. The molecule has 1 N–H and O–H groups in total. The maximum atomic E-state index is 12.2. The van der Waals surface area contributed by atoms with Gasteiger partial charge in [0.2, 0.25) is 0 Å². The van der Waals surface area contributed by atoms with E-state index < -0.39 is 0 Å². The van der Waals surface area contributed by atoms with E-state index in [2.05, 4.69) is 70.7 Å². The van der Waals surface area contributed by atoms with Gasteiger partial charge in [-0.3, -0.25) is 9.78 Å². The van der Waals surface area contributed by atoms with Gasteiger partial charge in [0.05, 0.1) is 11.5 Å². The molecule has 31 heavy (non-hydrogen) atoms. The highest BCUT2D eigenvalue weighted by molar-refractivity contribution is 7.99. The third-order valence-corrected chi connectivity index (χ3v) is 5.77. The molecule has 3 aromatic rings. The molecule has 162 valence electrons. The lowest BCUT2D eigenvalue weighted by atomic mass is 9.87. The van der Waals surface area contributed by atoms with Crippen molar-refractivity contribution in [2.45, 2.75) is 51.7 Å². The molecule has 7 nitrogen and oxygen atoms in total. The van der Waals surface area contributed by atoms with Crippen LogP contribution in [0, 0.1) is 0 Å². The van der Waals surface area contributed by atoms with Crippen molar-refractivity contribution >= 4 is 23.4 Å². The maximum absolute atomic E-state index is 12.2. The smallest absolute Gasteiger partial charge is 0.250 e. The first kappa shape index (κ1) is 22.7. The quantitative estimate of drug-likeness (QED) is 0.339. The maximum Gasteiger partial charge on any atom is 0.250 e. The first-order chi connectivity index (χ1) is 14.8. The van der Waals surface area contributed by atoms with Crippen molar-refractivity contribution < 1.29 is 4.79 Å². The third-order valence-electron chi connectivity index (χ3n) is 4.80. The Morgan fingerprint density at radius 2 is 1.90 bits per heavy atom. The first-order valence-corrected chi connectivity index (χ1v) is 11.2. The second kappa shape index (κ2) is 9.87. The van der Waals surface area contributed by atoms with Crippen LogP contribution in [0.5, 0.6) is 0 Å². The van der Waals surface area contributed by atoms with Crippen molar-refractivity contribution in [2.75, 3.05) is 5.75 Å². The van der Waals surface area contributed by atoms with E-state index in [1.54, 1.807) is 12.4 Å². The van der Waals surface area contributed by atoms with Crippen molar-refractivity contribution in [2.24, 2.45) is 5.10 Å². The highest BCUT2D eigenvalue weighted by atomic mass is 32.2. The van der Waals surface area contributed by atoms with Crippen LogP contribution in [0.15, 0.2) is 59.0 Å². The molecule has 0 radical (unpaired) electrons. The average Bonchev–Trinajstić information content (AvgIpc) is 3.19. The van der Waals surface area contributed by atoms with Gasteiger partial charge in [-0.05, 0) is 30.9 Å². The molecular formula is C23H28N6OS. The van der Waals surface area contributed by atoms with E-state index >= 15 is 0 Å². The summed E-state index contributed by atoms with van der Waals surface area (Å²) in [5.74, 6) is 0.802. The summed E-state index contributed by atoms with van der Waals surface area (Å²) in [5.41, 5.74) is 6.53. The van der Waals surface area contributed by atoms with E-state index in [1.165, 1.54) is 17.3 Å². The molecule has 0 spiro atoms. The van der Waals surface area contributed by atoms with Crippen LogP contribution in [0.1, 0.15) is 45.7 Å². The lowest BCUT2D eigenvalue weighted by molar-refractivity contribution is -0.118. The highest BCUT2D eigenvalue weighted by Gasteiger charge is 2.17. The summed E-state index contributed by atoms with van der Waals surface area (Å²) >= 11 is 1.35. The fraction of sp³-hybridized carbons (Fsp3) is 0.348. The van der Waals surface area contributed by atoms with Crippen LogP contribution in [0.2, 0.25) is 0 Å². The number of thioether (sulfide) groups is 1. The number of carbonyl (C=O) groups excluding carboxylic acids is 1. The number of benzene rings is 1.